The van der Waals surface area contributed by atoms with Crippen LogP contribution in [0.5, 0.6) is 0 Å². The second-order valence-electron chi connectivity index (χ2n) is 7.95. The number of imidazole rings is 1. The zero-order chi connectivity index (χ0) is 21.1. The van der Waals surface area contributed by atoms with Crippen molar-refractivity contribution in [2.75, 3.05) is 0 Å². The Balaban J connectivity index is 0.000000322. The molecule has 0 N–H and O–H groups in total. The van der Waals surface area contributed by atoms with Crippen LogP contribution < -0.4 is 0 Å². The van der Waals surface area contributed by atoms with Gasteiger partial charge in [0.1, 0.15) is 11.5 Å². The Labute approximate surface area is 178 Å². The normalized spacial score (nSPS) is 11.2. The van der Waals surface area contributed by atoms with Gasteiger partial charge in [0.2, 0.25) is 0 Å². The zero-order valence-electron chi connectivity index (χ0n) is 18.3. The molecule has 0 fully saturated rings. The molecular weight excluding hydrogens is 366 g/mol. The number of aryl methyl sites for hydroxylation is 1. The molecule has 0 radical (unpaired) electrons. The van der Waals surface area contributed by atoms with Crippen molar-refractivity contribution in [3.05, 3.63) is 78.4 Å². The minimum atomic E-state index is 0.935. The molecule has 0 bridgehead atoms. The van der Waals surface area contributed by atoms with E-state index in [-0.39, 0.29) is 0 Å². The van der Waals surface area contributed by atoms with E-state index in [9.17, 15) is 0 Å². The number of benzene rings is 3. The summed E-state index contributed by atoms with van der Waals surface area (Å²) in [4.78, 5) is 9.86. The molecule has 2 aromatic heterocycles. The number of hydrogen-bond acceptors (Lipinski definition) is 2. The van der Waals surface area contributed by atoms with Crippen molar-refractivity contribution in [2.24, 2.45) is 5.92 Å². The van der Waals surface area contributed by atoms with Crippen molar-refractivity contribution in [1.82, 2.24) is 14.4 Å². The van der Waals surface area contributed by atoms with Crippen molar-refractivity contribution >= 4 is 27.6 Å². The molecule has 3 aromatic carbocycles. The summed E-state index contributed by atoms with van der Waals surface area (Å²) in [5, 5.41) is 1.08. The Kier molecular flexibility index (Phi) is 5.80. The van der Waals surface area contributed by atoms with Crippen molar-refractivity contribution < 1.29 is 0 Å². The number of nitrogens with zero attached hydrogens (tertiary/aromatic N) is 3. The van der Waals surface area contributed by atoms with E-state index < -0.39 is 0 Å². The number of hydrogen-bond donors (Lipinski definition) is 0. The van der Waals surface area contributed by atoms with Gasteiger partial charge in [-0.2, -0.15) is 0 Å². The second kappa shape index (κ2) is 8.66. The van der Waals surface area contributed by atoms with E-state index in [1.54, 1.807) is 0 Å². The number of para-hydroxylation sites is 3. The lowest BCUT2D eigenvalue weighted by Crippen LogP contribution is -1.99. The van der Waals surface area contributed by atoms with Crippen LogP contribution in [0.15, 0.2) is 72.8 Å². The first-order valence-electron chi connectivity index (χ1n) is 10.9. The highest BCUT2D eigenvalue weighted by Crippen LogP contribution is 2.30. The monoisotopic (exact) mass is 395 g/mol. The van der Waals surface area contributed by atoms with E-state index in [1.807, 2.05) is 24.3 Å². The molecule has 0 saturated heterocycles. The molecule has 0 saturated carbocycles. The van der Waals surface area contributed by atoms with Gasteiger partial charge in [0.15, 0.2) is 0 Å². The minimum Gasteiger partial charge on any atom is -0.276 e. The van der Waals surface area contributed by atoms with Crippen molar-refractivity contribution in [3.8, 4) is 11.4 Å². The summed E-state index contributed by atoms with van der Waals surface area (Å²) in [5.41, 5.74) is 6.35. The van der Waals surface area contributed by atoms with Gasteiger partial charge in [0.25, 0.3) is 0 Å². The van der Waals surface area contributed by atoms with E-state index in [2.05, 4.69) is 80.6 Å². The standard InChI is InChI=1S/C21H15N3.C6H14/c1-14-8-2-3-9-15(14)20-22-17-11-5-4-10-16(17)21-23-18-12-6-7-13-19(18)24(20)21;1-4-6(3)5-2/h2-13H,1H3;6H,4-5H2,1-3H3. The molecule has 3 heteroatoms. The van der Waals surface area contributed by atoms with Crippen LogP contribution in [0.1, 0.15) is 39.2 Å². The molecule has 0 unspecified atom stereocenters. The summed E-state index contributed by atoms with van der Waals surface area (Å²) in [6.07, 6.45) is 2.66. The van der Waals surface area contributed by atoms with Crippen LogP contribution in [0.3, 0.4) is 0 Å². The number of fused-ring (bicyclic) bond motifs is 5. The first-order chi connectivity index (χ1) is 14.6. The summed E-state index contributed by atoms with van der Waals surface area (Å²) in [5.74, 6) is 1.88. The summed E-state index contributed by atoms with van der Waals surface area (Å²) in [6, 6.07) is 24.8. The molecule has 0 aliphatic carbocycles. The predicted octanol–water partition coefficient (Wildman–Crippen LogP) is 7.45. The van der Waals surface area contributed by atoms with E-state index in [0.29, 0.717) is 0 Å². The molecule has 0 spiro atoms. The third-order valence-electron chi connectivity index (χ3n) is 5.92. The maximum atomic E-state index is 4.98. The third kappa shape index (κ3) is 3.68. The van der Waals surface area contributed by atoms with Gasteiger partial charge in [0, 0.05) is 10.9 Å². The van der Waals surface area contributed by atoms with Crippen molar-refractivity contribution in [3.63, 3.8) is 0 Å². The second-order valence-corrected chi connectivity index (χ2v) is 7.95. The van der Waals surface area contributed by atoms with Gasteiger partial charge in [-0.1, -0.05) is 82.1 Å². The Bertz CT molecular complexity index is 1300. The summed E-state index contributed by atoms with van der Waals surface area (Å²) in [7, 11) is 0. The molecule has 0 aliphatic rings. The molecular formula is C27H29N3. The van der Waals surface area contributed by atoms with Gasteiger partial charge in [-0.15, -0.1) is 0 Å². The first kappa shape index (κ1) is 20.1. The van der Waals surface area contributed by atoms with Crippen LogP contribution in [0, 0.1) is 12.8 Å². The van der Waals surface area contributed by atoms with Crippen LogP contribution in [0.4, 0.5) is 0 Å². The van der Waals surface area contributed by atoms with Gasteiger partial charge >= 0.3 is 0 Å². The fraction of sp³-hybridized carbons (Fsp3) is 0.259. The SMILES string of the molecule is CCC(C)CC.Cc1ccccc1-c1nc2ccccc2c2nc3ccccc3n12. The Morgan fingerprint density at radius 2 is 1.40 bits per heavy atom. The van der Waals surface area contributed by atoms with E-state index in [0.717, 1.165) is 44.9 Å². The minimum absolute atomic E-state index is 0.935. The summed E-state index contributed by atoms with van der Waals surface area (Å²) >= 11 is 0. The molecule has 5 rings (SSSR count). The van der Waals surface area contributed by atoms with Gasteiger partial charge in [-0.05, 0) is 42.7 Å². The predicted molar refractivity (Wildman–Crippen MR) is 128 cm³/mol. The fourth-order valence-corrected chi connectivity index (χ4v) is 3.64. The smallest absolute Gasteiger partial charge is 0.149 e. The van der Waals surface area contributed by atoms with Crippen molar-refractivity contribution in [2.45, 2.75) is 40.5 Å². The topological polar surface area (TPSA) is 30.2 Å². The van der Waals surface area contributed by atoms with Crippen LogP contribution >= 0.6 is 0 Å². The molecule has 0 aliphatic heterocycles. The number of aromatic nitrogens is 3. The van der Waals surface area contributed by atoms with Crippen LogP contribution in [0.2, 0.25) is 0 Å². The Morgan fingerprint density at radius 3 is 2.10 bits per heavy atom. The van der Waals surface area contributed by atoms with E-state index >= 15 is 0 Å². The average Bonchev–Trinajstić information content (AvgIpc) is 3.19. The quantitative estimate of drug-likeness (QED) is 0.317. The van der Waals surface area contributed by atoms with Gasteiger partial charge in [0.05, 0.1) is 16.6 Å². The average molecular weight is 396 g/mol. The Hall–Kier alpha value is -3.20. The lowest BCUT2D eigenvalue weighted by atomic mass is 10.1. The highest BCUT2D eigenvalue weighted by molar-refractivity contribution is 5.98. The molecule has 30 heavy (non-hydrogen) atoms. The maximum absolute atomic E-state index is 4.98. The molecule has 0 amide bonds. The van der Waals surface area contributed by atoms with Crippen LogP contribution in [-0.2, 0) is 0 Å². The van der Waals surface area contributed by atoms with Gasteiger partial charge < -0.3 is 0 Å². The molecule has 0 atom stereocenters. The lowest BCUT2D eigenvalue weighted by Gasteiger charge is -2.11. The number of rotatable bonds is 3. The van der Waals surface area contributed by atoms with Crippen LogP contribution in [-0.4, -0.2) is 14.4 Å². The zero-order valence-corrected chi connectivity index (χ0v) is 18.3. The first-order valence-corrected chi connectivity index (χ1v) is 10.9. The van der Waals surface area contributed by atoms with Gasteiger partial charge in [-0.3, -0.25) is 4.40 Å². The maximum Gasteiger partial charge on any atom is 0.149 e. The molecule has 3 nitrogen and oxygen atoms in total. The van der Waals surface area contributed by atoms with Gasteiger partial charge in [-0.25, -0.2) is 9.97 Å². The van der Waals surface area contributed by atoms with Crippen LogP contribution in [0.25, 0.3) is 39.0 Å². The third-order valence-corrected chi connectivity index (χ3v) is 5.92. The summed E-state index contributed by atoms with van der Waals surface area (Å²) in [6.45, 7) is 8.86. The van der Waals surface area contributed by atoms with E-state index in [1.165, 1.54) is 18.4 Å². The summed E-state index contributed by atoms with van der Waals surface area (Å²) < 4.78 is 2.18. The molecule has 152 valence electrons. The fourth-order valence-electron chi connectivity index (χ4n) is 3.64. The largest absolute Gasteiger partial charge is 0.276 e. The van der Waals surface area contributed by atoms with Crippen molar-refractivity contribution in [1.29, 1.82) is 0 Å². The lowest BCUT2D eigenvalue weighted by molar-refractivity contribution is 0.544. The molecule has 2 heterocycles. The van der Waals surface area contributed by atoms with E-state index in [4.69, 9.17) is 9.97 Å². The Morgan fingerprint density at radius 1 is 0.767 bits per heavy atom. The highest BCUT2D eigenvalue weighted by atomic mass is 15.1. The molecule has 5 aromatic rings. The highest BCUT2D eigenvalue weighted by Gasteiger charge is 2.15.